The Bertz CT molecular complexity index is 1050. The number of phenols is 1. The van der Waals surface area contributed by atoms with Gasteiger partial charge < -0.3 is 25.5 Å². The Labute approximate surface area is 209 Å². The van der Waals surface area contributed by atoms with E-state index in [0.717, 1.165) is 19.3 Å². The van der Waals surface area contributed by atoms with Crippen LogP contribution in [0.5, 0.6) is 5.75 Å². The van der Waals surface area contributed by atoms with Crippen LogP contribution in [0, 0.1) is 5.92 Å². The van der Waals surface area contributed by atoms with Crippen LogP contribution in [-0.4, -0.2) is 59.3 Å². The second-order valence-electron chi connectivity index (χ2n) is 8.26. The molecule has 0 radical (unpaired) electrons. The van der Waals surface area contributed by atoms with E-state index in [1.54, 1.807) is 19.1 Å². The molecule has 0 bridgehead atoms. The lowest BCUT2D eigenvalue weighted by atomic mass is 9.90. The van der Waals surface area contributed by atoms with Gasteiger partial charge in [0.05, 0.1) is 24.2 Å². The Kier molecular flexibility index (Phi) is 10.9. The maximum absolute atomic E-state index is 12.8. The Morgan fingerprint density at radius 3 is 2.44 bits per heavy atom. The zero-order valence-corrected chi connectivity index (χ0v) is 20.7. The fourth-order valence-electron chi connectivity index (χ4n) is 3.90. The molecule has 196 valence electrons. The summed E-state index contributed by atoms with van der Waals surface area (Å²) in [6.07, 6.45) is 3.80. The Balaban J connectivity index is 2.00. The Morgan fingerprint density at radius 2 is 1.83 bits per heavy atom. The third-order valence-corrected chi connectivity index (χ3v) is 5.88. The fraction of sp³-hybridized carbons (Fsp3) is 0.440. The molecule has 2 rings (SSSR count). The van der Waals surface area contributed by atoms with Gasteiger partial charge >= 0.3 is 0 Å². The van der Waals surface area contributed by atoms with Crippen LogP contribution in [0.25, 0.3) is 11.3 Å². The van der Waals surface area contributed by atoms with Gasteiger partial charge in [0.2, 0.25) is 12.3 Å². The van der Waals surface area contributed by atoms with Gasteiger partial charge in [0.1, 0.15) is 11.5 Å². The van der Waals surface area contributed by atoms with Gasteiger partial charge in [0.25, 0.3) is 11.8 Å². The molecule has 0 aliphatic heterocycles. The van der Waals surface area contributed by atoms with Gasteiger partial charge in [0.15, 0.2) is 5.76 Å². The molecule has 0 aliphatic rings. The second-order valence-corrected chi connectivity index (χ2v) is 8.26. The summed E-state index contributed by atoms with van der Waals surface area (Å²) in [4.78, 5) is 48.1. The normalized spacial score (nSPS) is 12.3. The van der Waals surface area contributed by atoms with Gasteiger partial charge in [-0.2, -0.15) is 0 Å². The van der Waals surface area contributed by atoms with Crippen LogP contribution in [0.4, 0.5) is 0 Å². The minimum absolute atomic E-state index is 0.0115. The first kappa shape index (κ1) is 28.4. The fourth-order valence-corrected chi connectivity index (χ4v) is 3.90. The number of hydroxylamine groups is 2. The number of hydrogen-bond donors (Lipinski definition) is 5. The van der Waals surface area contributed by atoms with E-state index >= 15 is 0 Å². The van der Waals surface area contributed by atoms with E-state index in [-0.39, 0.29) is 36.1 Å². The van der Waals surface area contributed by atoms with Crippen LogP contribution in [0.15, 0.2) is 34.7 Å². The molecule has 0 saturated carbocycles. The van der Waals surface area contributed by atoms with Crippen LogP contribution in [-0.2, 0) is 9.59 Å². The monoisotopic (exact) mass is 502 g/mol. The number of furan rings is 1. The molecule has 0 aliphatic carbocycles. The minimum Gasteiger partial charge on any atom is -0.507 e. The average molecular weight is 503 g/mol. The lowest BCUT2D eigenvalue weighted by Crippen LogP contribution is -2.47. The number of nitrogens with one attached hydrogen (secondary N) is 3. The van der Waals surface area contributed by atoms with E-state index in [2.05, 4.69) is 16.0 Å². The number of phenolic OH excluding ortho intramolecular Hbond substituents is 1. The second kappa shape index (κ2) is 13.9. The highest BCUT2D eigenvalue weighted by Gasteiger charge is 2.30. The zero-order chi connectivity index (χ0) is 26.7. The van der Waals surface area contributed by atoms with Crippen molar-refractivity contribution in [1.82, 2.24) is 21.0 Å². The van der Waals surface area contributed by atoms with E-state index in [9.17, 15) is 29.5 Å². The summed E-state index contributed by atoms with van der Waals surface area (Å²) >= 11 is 0. The number of carbonyl (C=O) groups is 4. The Hall–Kier alpha value is -3.86. The molecule has 11 heteroatoms. The van der Waals surface area contributed by atoms with Crippen LogP contribution in [0.2, 0.25) is 0 Å². The quantitative estimate of drug-likeness (QED) is 0.0872. The van der Waals surface area contributed by atoms with E-state index < -0.39 is 23.8 Å². The van der Waals surface area contributed by atoms with Crippen molar-refractivity contribution in [2.24, 2.45) is 5.92 Å². The highest BCUT2D eigenvalue weighted by molar-refractivity contribution is 5.97. The summed E-state index contributed by atoms with van der Waals surface area (Å²) in [5, 5.41) is 28.1. The topological polar surface area (TPSA) is 161 Å². The number of rotatable bonds is 14. The molecular weight excluding hydrogens is 468 g/mol. The molecule has 36 heavy (non-hydrogen) atoms. The van der Waals surface area contributed by atoms with Crippen molar-refractivity contribution in [3.05, 3.63) is 41.7 Å². The Morgan fingerprint density at radius 1 is 1.08 bits per heavy atom. The highest BCUT2D eigenvalue weighted by Crippen LogP contribution is 2.28. The van der Waals surface area contributed by atoms with Gasteiger partial charge in [-0.05, 0) is 37.1 Å². The minimum atomic E-state index is -0.672. The summed E-state index contributed by atoms with van der Waals surface area (Å²) in [6.45, 7) is 3.64. The lowest BCUT2D eigenvalue weighted by molar-refractivity contribution is -0.168. The van der Waals surface area contributed by atoms with Crippen molar-refractivity contribution in [3.63, 3.8) is 0 Å². The first-order valence-corrected chi connectivity index (χ1v) is 11.9. The number of carbonyl (C=O) groups excluding carboxylic acids is 4. The highest BCUT2D eigenvalue weighted by atomic mass is 16.5. The molecule has 1 heterocycles. The van der Waals surface area contributed by atoms with E-state index in [4.69, 9.17) is 4.42 Å². The molecule has 0 unspecified atom stereocenters. The number of benzene rings is 1. The van der Waals surface area contributed by atoms with Crippen molar-refractivity contribution in [2.75, 3.05) is 13.7 Å². The van der Waals surface area contributed by atoms with E-state index in [0.29, 0.717) is 29.2 Å². The number of nitrogens with zero attached hydrogens (tertiary/aromatic N) is 1. The maximum Gasteiger partial charge on any atom is 0.288 e. The first-order chi connectivity index (χ1) is 17.3. The lowest BCUT2D eigenvalue weighted by Gasteiger charge is -2.29. The third kappa shape index (κ3) is 7.32. The van der Waals surface area contributed by atoms with Crippen molar-refractivity contribution >= 4 is 24.1 Å². The third-order valence-electron chi connectivity index (χ3n) is 5.88. The van der Waals surface area contributed by atoms with Gasteiger partial charge in [-0.15, -0.1) is 0 Å². The van der Waals surface area contributed by atoms with Crippen LogP contribution >= 0.6 is 0 Å². The summed E-state index contributed by atoms with van der Waals surface area (Å²) in [7, 11) is 1.46. The maximum atomic E-state index is 12.8. The molecule has 11 nitrogen and oxygen atoms in total. The largest absolute Gasteiger partial charge is 0.507 e. The smallest absolute Gasteiger partial charge is 0.288 e. The van der Waals surface area contributed by atoms with Gasteiger partial charge in [-0.1, -0.05) is 39.2 Å². The van der Waals surface area contributed by atoms with Gasteiger partial charge in [-0.3, -0.25) is 24.4 Å². The molecule has 2 atom stereocenters. The number of aromatic hydroxyl groups is 1. The standard InChI is InChI=1S/C25H34N4O7/c1-4-6-7-8-17(19(5-2)29(35)15-30)24(33)27-14-28-25(34)22-12-11-21(36-22)16-9-10-18(20(31)13-16)23(32)26-3/h9-13,15,17,19,31,35H,4-8,14H2,1-3H3,(H,26,32)(H,27,33)(H,28,34)/t17-,19-/m1/s1. The summed E-state index contributed by atoms with van der Waals surface area (Å²) in [5.74, 6) is -1.95. The summed E-state index contributed by atoms with van der Waals surface area (Å²) in [6, 6.07) is 6.71. The molecule has 1 aromatic carbocycles. The predicted octanol–water partition coefficient (Wildman–Crippen LogP) is 2.64. The number of hydrogen-bond acceptors (Lipinski definition) is 7. The van der Waals surface area contributed by atoms with Crippen molar-refractivity contribution in [3.8, 4) is 17.1 Å². The number of unbranched alkanes of at least 4 members (excludes halogenated alkanes) is 2. The zero-order valence-electron chi connectivity index (χ0n) is 20.7. The van der Waals surface area contributed by atoms with E-state index in [1.807, 2.05) is 6.92 Å². The number of amides is 4. The van der Waals surface area contributed by atoms with Crippen molar-refractivity contribution in [1.29, 1.82) is 0 Å². The average Bonchev–Trinajstić information content (AvgIpc) is 3.38. The van der Waals surface area contributed by atoms with Crippen LogP contribution in [0.1, 0.15) is 66.9 Å². The molecule has 5 N–H and O–H groups in total. The molecule has 0 spiro atoms. The molecule has 0 saturated heterocycles. The van der Waals surface area contributed by atoms with E-state index in [1.165, 1.54) is 25.2 Å². The predicted molar refractivity (Wildman–Crippen MR) is 131 cm³/mol. The van der Waals surface area contributed by atoms with Gasteiger partial charge in [0, 0.05) is 12.6 Å². The molecule has 2 aromatic rings. The van der Waals surface area contributed by atoms with Crippen LogP contribution in [0.3, 0.4) is 0 Å². The summed E-state index contributed by atoms with van der Waals surface area (Å²) in [5.41, 5.74) is 0.578. The molecular formula is C25H34N4O7. The molecule has 0 fully saturated rings. The van der Waals surface area contributed by atoms with Gasteiger partial charge in [-0.25, -0.2) is 5.06 Å². The molecule has 1 aromatic heterocycles. The van der Waals surface area contributed by atoms with Crippen molar-refractivity contribution in [2.45, 2.75) is 52.0 Å². The molecule has 4 amide bonds. The first-order valence-electron chi connectivity index (χ1n) is 11.9. The van der Waals surface area contributed by atoms with Crippen molar-refractivity contribution < 1.29 is 33.9 Å². The summed E-state index contributed by atoms with van der Waals surface area (Å²) < 4.78 is 5.57. The SMILES string of the molecule is CCCCC[C@@H](C(=O)NCNC(=O)c1ccc(-c2ccc(C(=O)NC)c(O)c2)o1)[C@@H](CC)N(O)C=O. The van der Waals surface area contributed by atoms with Crippen LogP contribution < -0.4 is 16.0 Å².